The third kappa shape index (κ3) is 7.09. The van der Waals surface area contributed by atoms with Crippen molar-refractivity contribution in [2.24, 2.45) is 5.28 Å². The van der Waals surface area contributed by atoms with Crippen LogP contribution in [0.3, 0.4) is 0 Å². The lowest BCUT2D eigenvalue weighted by Crippen LogP contribution is -2.59. The average Bonchev–Trinajstić information content (AvgIpc) is 3.46. The first-order valence-electron chi connectivity index (χ1n) is 13.5. The molecule has 1 amide bonds. The number of amides is 1. The lowest BCUT2D eigenvalue weighted by atomic mass is 10.1. The fraction of sp³-hybridized carbons (Fsp3) is 0.207. The van der Waals surface area contributed by atoms with Gasteiger partial charge in [0.2, 0.25) is 5.28 Å². The van der Waals surface area contributed by atoms with E-state index in [9.17, 15) is 36.4 Å². The molecular formula is C29H25F3N6O7S. The van der Waals surface area contributed by atoms with Gasteiger partial charge in [0.25, 0.3) is 22.7 Å². The molecule has 13 nitrogen and oxygen atoms in total. The van der Waals surface area contributed by atoms with Gasteiger partial charge in [0.05, 0.1) is 33.4 Å². The third-order valence-electron chi connectivity index (χ3n) is 6.87. The summed E-state index contributed by atoms with van der Waals surface area (Å²) < 4.78 is 74.2. The molecule has 3 aromatic carbocycles. The van der Waals surface area contributed by atoms with Gasteiger partial charge in [0.1, 0.15) is 0 Å². The number of benzene rings is 3. The van der Waals surface area contributed by atoms with Crippen LogP contribution in [0.4, 0.5) is 13.2 Å². The van der Waals surface area contributed by atoms with E-state index in [4.69, 9.17) is 4.74 Å². The van der Waals surface area contributed by atoms with Crippen molar-refractivity contribution in [3.8, 4) is 16.9 Å². The SMILES string of the molecule is Cc1ccc(-c2cc(C(F)(F)F)nn2-c2ccc(S(=O)(=O)NC(=O)[C@@H]3CCN3/[N+]([O-])=N\OCOC(=O)c3ccccc3)cc2)cc1. The number of carbonyl (C=O) groups is 2. The second kappa shape index (κ2) is 12.9. The van der Waals surface area contributed by atoms with E-state index in [-0.39, 0.29) is 39.8 Å². The summed E-state index contributed by atoms with van der Waals surface area (Å²) in [6, 6.07) is 19.2. The molecule has 1 aliphatic rings. The zero-order valence-electron chi connectivity index (χ0n) is 23.9. The number of carbonyl (C=O) groups excluding carboxylic acids is 2. The molecule has 1 aliphatic heterocycles. The highest BCUT2D eigenvalue weighted by Crippen LogP contribution is 2.33. The second-order valence-electron chi connectivity index (χ2n) is 10.0. The number of hydrogen-bond donors (Lipinski definition) is 1. The first-order valence-corrected chi connectivity index (χ1v) is 15.0. The summed E-state index contributed by atoms with van der Waals surface area (Å²) in [7, 11) is -4.45. The minimum atomic E-state index is -4.72. The predicted octanol–water partition coefficient (Wildman–Crippen LogP) is 4.37. The van der Waals surface area contributed by atoms with Gasteiger partial charge in [-0.05, 0) is 49.4 Å². The van der Waals surface area contributed by atoms with Gasteiger partial charge in [-0.3, -0.25) is 4.79 Å². The number of nitrogens with one attached hydrogen (secondary N) is 1. The van der Waals surface area contributed by atoms with Crippen molar-refractivity contribution in [2.45, 2.75) is 30.5 Å². The highest BCUT2D eigenvalue weighted by molar-refractivity contribution is 7.90. The Morgan fingerprint density at radius 1 is 1.07 bits per heavy atom. The van der Waals surface area contributed by atoms with Crippen molar-refractivity contribution in [1.82, 2.24) is 19.5 Å². The zero-order chi connectivity index (χ0) is 33.1. The molecule has 0 radical (unpaired) electrons. The molecule has 2 heterocycles. The summed E-state index contributed by atoms with van der Waals surface area (Å²) in [4.78, 5) is 28.9. The van der Waals surface area contributed by atoms with E-state index >= 15 is 0 Å². The van der Waals surface area contributed by atoms with E-state index in [1.165, 1.54) is 24.3 Å². The summed E-state index contributed by atoms with van der Waals surface area (Å²) in [6.07, 6.45) is -4.60. The summed E-state index contributed by atoms with van der Waals surface area (Å²) >= 11 is 0. The fourth-order valence-electron chi connectivity index (χ4n) is 4.37. The van der Waals surface area contributed by atoms with Crippen LogP contribution in [0.5, 0.6) is 0 Å². The number of esters is 1. The molecule has 46 heavy (non-hydrogen) atoms. The van der Waals surface area contributed by atoms with E-state index in [1.54, 1.807) is 42.5 Å². The Hall–Kier alpha value is -5.45. The second-order valence-corrected chi connectivity index (χ2v) is 11.7. The number of sulfonamides is 1. The van der Waals surface area contributed by atoms with Crippen LogP contribution < -0.4 is 4.72 Å². The van der Waals surface area contributed by atoms with Crippen LogP contribution in [-0.4, -0.2) is 59.4 Å². The maximum absolute atomic E-state index is 13.5. The van der Waals surface area contributed by atoms with Crippen LogP contribution in [0.2, 0.25) is 0 Å². The summed E-state index contributed by atoms with van der Waals surface area (Å²) in [5.74, 6) is -1.74. The quantitative estimate of drug-likeness (QED) is 0.0652. The smallest absolute Gasteiger partial charge is 0.435 e. The van der Waals surface area contributed by atoms with E-state index in [0.717, 1.165) is 33.5 Å². The molecule has 1 saturated heterocycles. The van der Waals surface area contributed by atoms with E-state index in [1.807, 2.05) is 11.6 Å². The average molecular weight is 659 g/mol. The first-order chi connectivity index (χ1) is 21.8. The molecule has 1 aromatic heterocycles. The van der Waals surface area contributed by atoms with Crippen LogP contribution >= 0.6 is 0 Å². The Bertz CT molecular complexity index is 1860. The number of halogens is 3. The Morgan fingerprint density at radius 3 is 2.35 bits per heavy atom. The zero-order valence-corrected chi connectivity index (χ0v) is 24.7. The molecule has 5 rings (SSSR count). The van der Waals surface area contributed by atoms with Gasteiger partial charge >= 0.3 is 12.1 Å². The van der Waals surface area contributed by atoms with Gasteiger partial charge in [0.15, 0.2) is 11.7 Å². The molecule has 1 atom stereocenters. The number of alkyl halides is 3. The molecule has 0 spiro atoms. The number of ether oxygens (including phenoxy) is 1. The van der Waals surface area contributed by atoms with Crippen molar-refractivity contribution < 1.29 is 45.7 Å². The number of nitrogens with zero attached hydrogens (tertiary/aromatic N) is 5. The van der Waals surface area contributed by atoms with Crippen LogP contribution in [-0.2, 0) is 30.6 Å². The lowest BCUT2D eigenvalue weighted by molar-refractivity contribution is -0.729. The van der Waals surface area contributed by atoms with Crippen molar-refractivity contribution in [2.75, 3.05) is 13.3 Å². The molecule has 0 bridgehead atoms. The molecule has 1 fully saturated rings. The van der Waals surface area contributed by atoms with Gasteiger partial charge in [-0.1, -0.05) is 48.0 Å². The fourth-order valence-corrected chi connectivity index (χ4v) is 5.39. The number of hydrogen-bond acceptors (Lipinski definition) is 9. The normalized spacial score (nSPS) is 15.2. The number of aromatic nitrogens is 2. The number of rotatable bonds is 10. The monoisotopic (exact) mass is 658 g/mol. The lowest BCUT2D eigenvalue weighted by Gasteiger charge is -2.33. The Kier molecular flexibility index (Phi) is 8.95. The maximum atomic E-state index is 13.5. The van der Waals surface area contributed by atoms with Gasteiger partial charge < -0.3 is 14.8 Å². The number of hydrazine groups is 1. The van der Waals surface area contributed by atoms with Gasteiger partial charge in [-0.25, -0.2) is 22.6 Å². The highest BCUT2D eigenvalue weighted by atomic mass is 32.2. The largest absolute Gasteiger partial charge is 0.569 e. The van der Waals surface area contributed by atoms with E-state index in [0.29, 0.717) is 5.56 Å². The third-order valence-corrected chi connectivity index (χ3v) is 8.23. The topological polar surface area (TPSA) is 158 Å². The predicted molar refractivity (Wildman–Crippen MR) is 153 cm³/mol. The molecule has 17 heteroatoms. The van der Waals surface area contributed by atoms with Crippen molar-refractivity contribution in [1.29, 1.82) is 0 Å². The molecule has 240 valence electrons. The minimum absolute atomic E-state index is 0.0556. The number of aryl methyl sites for hydroxylation is 1. The van der Waals surface area contributed by atoms with Crippen molar-refractivity contribution in [3.05, 3.63) is 107 Å². The first kappa shape index (κ1) is 32.0. The Labute approximate surface area is 260 Å². The van der Waals surface area contributed by atoms with E-state index in [2.05, 4.69) is 15.2 Å². The van der Waals surface area contributed by atoms with Crippen LogP contribution in [0, 0.1) is 12.1 Å². The molecule has 0 aliphatic carbocycles. The van der Waals surface area contributed by atoms with Gasteiger partial charge in [-0.15, -0.1) is 5.01 Å². The molecule has 1 N–H and O–H groups in total. The van der Waals surface area contributed by atoms with Crippen LogP contribution in [0.15, 0.2) is 95.1 Å². The summed E-state index contributed by atoms with van der Waals surface area (Å²) in [5.41, 5.74) is 0.756. The van der Waals surface area contributed by atoms with E-state index < -0.39 is 46.6 Å². The molecule has 0 unspecified atom stereocenters. The summed E-state index contributed by atoms with van der Waals surface area (Å²) in [6.45, 7) is 1.20. The Morgan fingerprint density at radius 2 is 1.74 bits per heavy atom. The van der Waals surface area contributed by atoms with Gasteiger partial charge in [0, 0.05) is 12.0 Å². The standard InChI is InChI=1S/C29H25F3N6O7S/c1-19-7-9-20(10-8-19)25-17-26(29(30,31)32)33-37(25)22-11-13-23(14-12-22)46(42,43)34-27(39)24-15-16-36(24)38(41)35-45-18-44-28(40)21-5-3-2-4-6-21/h2-14,17,24H,15-16,18H2,1H3,(H,34,39)/b38-35+/t24-/m0/s1. The Balaban J connectivity index is 1.23. The van der Waals surface area contributed by atoms with Crippen molar-refractivity contribution in [3.63, 3.8) is 0 Å². The molecule has 4 aromatic rings. The van der Waals surface area contributed by atoms with Crippen LogP contribution in [0.25, 0.3) is 16.9 Å². The highest BCUT2D eigenvalue weighted by Gasteiger charge is 2.42. The maximum Gasteiger partial charge on any atom is 0.435 e. The summed E-state index contributed by atoms with van der Waals surface area (Å²) in [5, 5.41) is 20.1. The van der Waals surface area contributed by atoms with Crippen LogP contribution in [0.1, 0.15) is 28.0 Å². The van der Waals surface area contributed by atoms with Gasteiger partial charge in [-0.2, -0.15) is 18.3 Å². The van der Waals surface area contributed by atoms with Crippen molar-refractivity contribution >= 4 is 21.9 Å². The molecule has 0 saturated carbocycles. The minimum Gasteiger partial charge on any atom is -0.569 e. The molecular weight excluding hydrogens is 633 g/mol.